The molecule has 5 nitrogen and oxygen atoms in total. The van der Waals surface area contributed by atoms with Crippen LogP contribution in [0.2, 0.25) is 0 Å². The fourth-order valence-electron chi connectivity index (χ4n) is 1.42. The van der Waals surface area contributed by atoms with Crippen LogP contribution in [-0.2, 0) is 0 Å². The molecule has 0 saturated carbocycles. The maximum Gasteiger partial charge on any atom is 0.256 e. The van der Waals surface area contributed by atoms with E-state index in [-0.39, 0.29) is 11.7 Å². The van der Waals surface area contributed by atoms with Crippen LogP contribution < -0.4 is 5.32 Å². The molecule has 0 radical (unpaired) electrons. The van der Waals surface area contributed by atoms with Gasteiger partial charge in [-0.25, -0.2) is 0 Å². The van der Waals surface area contributed by atoms with E-state index in [0.29, 0.717) is 16.9 Å². The van der Waals surface area contributed by atoms with Crippen LogP contribution in [0.1, 0.15) is 27.6 Å². The molecule has 2 N–H and O–H groups in total. The lowest BCUT2D eigenvalue weighted by atomic mass is 10.2. The highest BCUT2D eigenvalue weighted by Crippen LogP contribution is 2.12. The van der Waals surface area contributed by atoms with Gasteiger partial charge in [0.15, 0.2) is 5.78 Å². The number of benzene rings is 1. The fraction of sp³-hybridized carbons (Fsp3) is 0.0833. The molecule has 0 aliphatic carbocycles. The van der Waals surface area contributed by atoms with Crippen LogP contribution in [-0.4, -0.2) is 21.9 Å². The van der Waals surface area contributed by atoms with Gasteiger partial charge in [-0.1, -0.05) is 18.2 Å². The number of ketones is 1. The van der Waals surface area contributed by atoms with Crippen molar-refractivity contribution in [3.63, 3.8) is 0 Å². The summed E-state index contributed by atoms with van der Waals surface area (Å²) in [6.45, 7) is 1.42. The van der Waals surface area contributed by atoms with Crippen LogP contribution in [0, 0.1) is 0 Å². The Hall–Kier alpha value is -2.43. The maximum absolute atomic E-state index is 11.8. The summed E-state index contributed by atoms with van der Waals surface area (Å²) >= 11 is 0. The maximum atomic E-state index is 11.8. The third-order valence-electron chi connectivity index (χ3n) is 2.29. The summed E-state index contributed by atoms with van der Waals surface area (Å²) in [7, 11) is 0. The molecule has 0 unspecified atom stereocenters. The first-order chi connectivity index (χ1) is 8.18. The van der Waals surface area contributed by atoms with E-state index in [0.717, 1.165) is 0 Å². The lowest BCUT2D eigenvalue weighted by Crippen LogP contribution is -2.13. The third-order valence-corrected chi connectivity index (χ3v) is 2.29. The van der Waals surface area contributed by atoms with E-state index in [2.05, 4.69) is 15.5 Å². The summed E-state index contributed by atoms with van der Waals surface area (Å²) in [5.74, 6) is -0.106. The number of rotatable bonds is 3. The van der Waals surface area contributed by atoms with E-state index in [9.17, 15) is 9.59 Å². The number of H-pyrrole nitrogens is 1. The van der Waals surface area contributed by atoms with Gasteiger partial charge in [0.1, 0.15) is 5.82 Å². The predicted octanol–water partition coefficient (Wildman–Crippen LogP) is 1.86. The average Bonchev–Trinajstić information content (AvgIpc) is 2.78. The molecule has 5 heteroatoms. The van der Waals surface area contributed by atoms with Crippen LogP contribution in [0.4, 0.5) is 5.82 Å². The largest absolute Gasteiger partial charge is 0.306 e. The highest BCUT2D eigenvalue weighted by Gasteiger charge is 2.13. The summed E-state index contributed by atoms with van der Waals surface area (Å²) in [5.41, 5.74) is 0.894. The Kier molecular flexibility index (Phi) is 3.00. The van der Waals surface area contributed by atoms with Gasteiger partial charge in [0, 0.05) is 5.56 Å². The topological polar surface area (TPSA) is 74.8 Å². The van der Waals surface area contributed by atoms with Crippen molar-refractivity contribution in [3.8, 4) is 0 Å². The molecule has 1 heterocycles. The number of nitrogens with one attached hydrogen (secondary N) is 2. The minimum Gasteiger partial charge on any atom is -0.306 e. The van der Waals surface area contributed by atoms with Crippen LogP contribution in [0.15, 0.2) is 36.5 Å². The number of aromatic amines is 1. The number of amides is 1. The Labute approximate surface area is 97.9 Å². The van der Waals surface area contributed by atoms with Gasteiger partial charge in [-0.2, -0.15) is 5.10 Å². The Morgan fingerprint density at radius 1 is 1.24 bits per heavy atom. The molecule has 0 atom stereocenters. The highest BCUT2D eigenvalue weighted by atomic mass is 16.2. The summed E-state index contributed by atoms with van der Waals surface area (Å²) in [6.07, 6.45) is 1.39. The first-order valence-electron chi connectivity index (χ1n) is 5.09. The molecule has 1 amide bonds. The number of carbonyl (C=O) groups is 2. The number of hydrogen-bond donors (Lipinski definition) is 2. The average molecular weight is 229 g/mol. The standard InChI is InChI=1S/C12H11N3O2/c1-8(16)10-7-13-15-11(10)14-12(17)9-5-3-2-4-6-9/h2-7H,1H3,(H2,13,14,15,17). The first kappa shape index (κ1) is 11.1. The van der Waals surface area contributed by atoms with Gasteiger partial charge < -0.3 is 5.32 Å². The molecule has 2 rings (SSSR count). The van der Waals surface area contributed by atoms with E-state index in [1.165, 1.54) is 13.1 Å². The zero-order valence-corrected chi connectivity index (χ0v) is 9.23. The fourth-order valence-corrected chi connectivity index (χ4v) is 1.42. The number of nitrogens with zero attached hydrogens (tertiary/aromatic N) is 1. The van der Waals surface area contributed by atoms with Gasteiger partial charge in [-0.3, -0.25) is 14.7 Å². The summed E-state index contributed by atoms with van der Waals surface area (Å²) < 4.78 is 0. The van der Waals surface area contributed by atoms with Crippen molar-refractivity contribution in [2.75, 3.05) is 5.32 Å². The van der Waals surface area contributed by atoms with Gasteiger partial charge in [0.2, 0.25) is 0 Å². The molecule has 0 spiro atoms. The lowest BCUT2D eigenvalue weighted by molar-refractivity contribution is 0.101. The van der Waals surface area contributed by atoms with Crippen molar-refractivity contribution in [2.45, 2.75) is 6.92 Å². The molecular weight excluding hydrogens is 218 g/mol. The van der Waals surface area contributed by atoms with E-state index < -0.39 is 0 Å². The monoisotopic (exact) mass is 229 g/mol. The second-order valence-corrected chi connectivity index (χ2v) is 3.54. The predicted molar refractivity (Wildman–Crippen MR) is 63.0 cm³/mol. The van der Waals surface area contributed by atoms with Crippen molar-refractivity contribution in [3.05, 3.63) is 47.7 Å². The molecule has 0 fully saturated rings. The first-order valence-corrected chi connectivity index (χ1v) is 5.09. The van der Waals surface area contributed by atoms with Crippen LogP contribution in [0.3, 0.4) is 0 Å². The molecule has 0 aliphatic heterocycles. The number of hydrogen-bond acceptors (Lipinski definition) is 3. The molecule has 0 bridgehead atoms. The third kappa shape index (κ3) is 2.39. The second-order valence-electron chi connectivity index (χ2n) is 3.54. The molecule has 1 aromatic carbocycles. The van der Waals surface area contributed by atoms with Gasteiger partial charge in [-0.15, -0.1) is 0 Å². The zero-order valence-electron chi connectivity index (χ0n) is 9.23. The summed E-state index contributed by atoms with van der Waals surface area (Å²) in [4.78, 5) is 23.1. The lowest BCUT2D eigenvalue weighted by Gasteiger charge is -2.03. The van der Waals surface area contributed by atoms with E-state index in [1.54, 1.807) is 24.3 Å². The SMILES string of the molecule is CC(=O)c1cn[nH]c1NC(=O)c1ccccc1. The molecular formula is C12H11N3O2. The number of anilines is 1. The second kappa shape index (κ2) is 4.61. The molecule has 1 aromatic heterocycles. The molecule has 86 valence electrons. The normalized spacial score (nSPS) is 9.94. The Balaban J connectivity index is 2.19. The summed E-state index contributed by atoms with van der Waals surface area (Å²) in [5, 5.41) is 8.92. The van der Waals surface area contributed by atoms with Gasteiger partial charge in [0.25, 0.3) is 5.91 Å². The van der Waals surface area contributed by atoms with Crippen molar-refractivity contribution in [2.24, 2.45) is 0 Å². The van der Waals surface area contributed by atoms with E-state index in [4.69, 9.17) is 0 Å². The zero-order chi connectivity index (χ0) is 12.3. The summed E-state index contributed by atoms with van der Waals surface area (Å²) in [6, 6.07) is 8.76. The van der Waals surface area contributed by atoms with Gasteiger partial charge >= 0.3 is 0 Å². The van der Waals surface area contributed by atoms with Crippen molar-refractivity contribution in [1.82, 2.24) is 10.2 Å². The van der Waals surface area contributed by atoms with E-state index >= 15 is 0 Å². The number of carbonyl (C=O) groups excluding carboxylic acids is 2. The molecule has 0 saturated heterocycles. The smallest absolute Gasteiger partial charge is 0.256 e. The number of Topliss-reactive ketones (excluding diaryl/α,β-unsaturated/α-hetero) is 1. The molecule has 2 aromatic rings. The minimum atomic E-state index is -0.280. The highest BCUT2D eigenvalue weighted by molar-refractivity contribution is 6.07. The Morgan fingerprint density at radius 2 is 1.94 bits per heavy atom. The molecule has 0 aliphatic rings. The Morgan fingerprint density at radius 3 is 2.59 bits per heavy atom. The van der Waals surface area contributed by atoms with Crippen LogP contribution >= 0.6 is 0 Å². The number of aromatic nitrogens is 2. The van der Waals surface area contributed by atoms with E-state index in [1.807, 2.05) is 6.07 Å². The Bertz CT molecular complexity index is 546. The quantitative estimate of drug-likeness (QED) is 0.789. The van der Waals surface area contributed by atoms with Crippen molar-refractivity contribution >= 4 is 17.5 Å². The van der Waals surface area contributed by atoms with Crippen molar-refractivity contribution in [1.29, 1.82) is 0 Å². The van der Waals surface area contributed by atoms with Crippen LogP contribution in [0.25, 0.3) is 0 Å². The van der Waals surface area contributed by atoms with Gasteiger partial charge in [-0.05, 0) is 19.1 Å². The van der Waals surface area contributed by atoms with Crippen LogP contribution in [0.5, 0.6) is 0 Å². The minimum absolute atomic E-state index is 0.151. The van der Waals surface area contributed by atoms with Crippen molar-refractivity contribution < 1.29 is 9.59 Å². The van der Waals surface area contributed by atoms with Gasteiger partial charge in [0.05, 0.1) is 11.8 Å². The molecule has 17 heavy (non-hydrogen) atoms.